The van der Waals surface area contributed by atoms with Crippen LogP contribution in [0.25, 0.3) is 11.3 Å². The van der Waals surface area contributed by atoms with Crippen LogP contribution < -0.4 is 4.90 Å². The molecular weight excluding hydrogens is 366 g/mol. The van der Waals surface area contributed by atoms with E-state index in [9.17, 15) is 5.26 Å². The fourth-order valence-electron chi connectivity index (χ4n) is 3.46. The predicted octanol–water partition coefficient (Wildman–Crippen LogP) is 4.18. The number of likely N-dealkylation sites (N-methyl/N-ethyl adjacent to an activating group) is 1. The molecule has 1 aromatic carbocycles. The standard InChI is InChI=1S/C22H29N5S/c1-6-26-11-13-27(14-12-26)20-18(15-23)19(24-21(25-20)28-5)16-7-9-17(10-8-16)22(2,3)4/h7-10H,6,11-14H2,1-5H3. The van der Waals surface area contributed by atoms with E-state index in [0.717, 1.165) is 49.8 Å². The first-order valence-corrected chi connectivity index (χ1v) is 11.0. The zero-order valence-electron chi connectivity index (χ0n) is 17.5. The highest BCUT2D eigenvalue weighted by atomic mass is 32.2. The van der Waals surface area contributed by atoms with E-state index in [0.29, 0.717) is 10.7 Å². The van der Waals surface area contributed by atoms with Gasteiger partial charge in [-0.05, 0) is 23.8 Å². The maximum absolute atomic E-state index is 9.96. The largest absolute Gasteiger partial charge is 0.353 e. The maximum Gasteiger partial charge on any atom is 0.189 e. The molecule has 1 fully saturated rings. The Bertz CT molecular complexity index is 856. The topological polar surface area (TPSA) is 56.1 Å². The second kappa shape index (κ2) is 8.50. The summed E-state index contributed by atoms with van der Waals surface area (Å²) in [6.07, 6.45) is 1.98. The van der Waals surface area contributed by atoms with Crippen molar-refractivity contribution >= 4 is 17.6 Å². The first-order valence-electron chi connectivity index (χ1n) is 9.81. The fourth-order valence-corrected chi connectivity index (χ4v) is 3.83. The molecule has 6 heteroatoms. The summed E-state index contributed by atoms with van der Waals surface area (Å²) in [7, 11) is 0. The Balaban J connectivity index is 2.03. The number of hydrogen-bond acceptors (Lipinski definition) is 6. The van der Waals surface area contributed by atoms with Gasteiger partial charge in [0, 0.05) is 31.7 Å². The van der Waals surface area contributed by atoms with E-state index >= 15 is 0 Å². The van der Waals surface area contributed by atoms with Crippen LogP contribution in [-0.4, -0.2) is 53.8 Å². The fraction of sp³-hybridized carbons (Fsp3) is 0.500. The molecule has 2 aromatic rings. The Kier molecular flexibility index (Phi) is 6.26. The van der Waals surface area contributed by atoms with Crippen molar-refractivity contribution in [1.29, 1.82) is 5.26 Å². The van der Waals surface area contributed by atoms with Gasteiger partial charge in [-0.1, -0.05) is 63.7 Å². The lowest BCUT2D eigenvalue weighted by Gasteiger charge is -2.35. The van der Waals surface area contributed by atoms with Gasteiger partial charge in [0.1, 0.15) is 11.6 Å². The van der Waals surface area contributed by atoms with E-state index < -0.39 is 0 Å². The van der Waals surface area contributed by atoms with Crippen LogP contribution >= 0.6 is 11.8 Å². The van der Waals surface area contributed by atoms with Crippen molar-refractivity contribution in [3.8, 4) is 17.3 Å². The highest BCUT2D eigenvalue weighted by molar-refractivity contribution is 7.98. The van der Waals surface area contributed by atoms with Crippen molar-refractivity contribution in [2.75, 3.05) is 43.9 Å². The molecule has 0 aliphatic carbocycles. The van der Waals surface area contributed by atoms with Gasteiger partial charge in [-0.25, -0.2) is 9.97 Å². The second-order valence-electron chi connectivity index (χ2n) is 8.12. The molecule has 0 radical (unpaired) electrons. The van der Waals surface area contributed by atoms with Crippen LogP contribution in [0.2, 0.25) is 0 Å². The SMILES string of the molecule is CCN1CCN(c2nc(SC)nc(-c3ccc(C(C)(C)C)cc3)c2C#N)CC1. The lowest BCUT2D eigenvalue weighted by molar-refractivity contribution is 0.270. The number of aromatic nitrogens is 2. The minimum atomic E-state index is 0.0941. The van der Waals surface area contributed by atoms with E-state index in [1.54, 1.807) is 0 Å². The molecule has 148 valence electrons. The van der Waals surface area contributed by atoms with Gasteiger partial charge in [0.05, 0.1) is 5.69 Å². The molecule has 0 spiro atoms. The Hall–Kier alpha value is -2.10. The first-order chi connectivity index (χ1) is 13.4. The van der Waals surface area contributed by atoms with Crippen molar-refractivity contribution in [2.24, 2.45) is 0 Å². The monoisotopic (exact) mass is 395 g/mol. The third-order valence-corrected chi connectivity index (χ3v) is 5.85. The lowest BCUT2D eigenvalue weighted by Crippen LogP contribution is -2.46. The van der Waals surface area contributed by atoms with E-state index in [2.05, 4.69) is 67.8 Å². The van der Waals surface area contributed by atoms with Gasteiger partial charge in [-0.15, -0.1) is 0 Å². The average Bonchev–Trinajstić information content (AvgIpc) is 2.72. The molecule has 1 aromatic heterocycles. The number of thioether (sulfide) groups is 1. The van der Waals surface area contributed by atoms with Gasteiger partial charge in [0.25, 0.3) is 0 Å². The van der Waals surface area contributed by atoms with Gasteiger partial charge in [-0.2, -0.15) is 5.26 Å². The number of hydrogen-bond donors (Lipinski definition) is 0. The summed E-state index contributed by atoms with van der Waals surface area (Å²) < 4.78 is 0. The first kappa shape index (κ1) is 20.6. The van der Waals surface area contributed by atoms with Gasteiger partial charge in [0.15, 0.2) is 11.0 Å². The summed E-state index contributed by atoms with van der Waals surface area (Å²) >= 11 is 1.52. The second-order valence-corrected chi connectivity index (χ2v) is 8.89. The van der Waals surface area contributed by atoms with Crippen LogP contribution in [0.4, 0.5) is 5.82 Å². The number of nitriles is 1. The van der Waals surface area contributed by atoms with Gasteiger partial charge in [-0.3, -0.25) is 0 Å². The number of piperazine rings is 1. The van der Waals surface area contributed by atoms with Crippen LogP contribution in [0.3, 0.4) is 0 Å². The summed E-state index contributed by atoms with van der Waals surface area (Å²) in [5.41, 5.74) is 3.64. The molecule has 1 aliphatic rings. The molecular formula is C22H29N5S. The smallest absolute Gasteiger partial charge is 0.189 e. The number of benzene rings is 1. The summed E-state index contributed by atoms with van der Waals surface area (Å²) in [4.78, 5) is 14.1. The van der Waals surface area contributed by atoms with E-state index in [-0.39, 0.29) is 5.41 Å². The summed E-state index contributed by atoms with van der Waals surface area (Å²) in [6.45, 7) is 13.6. The summed E-state index contributed by atoms with van der Waals surface area (Å²) in [6, 6.07) is 10.8. The van der Waals surface area contributed by atoms with Crippen LogP contribution in [-0.2, 0) is 5.41 Å². The molecule has 5 nitrogen and oxygen atoms in total. The van der Waals surface area contributed by atoms with Crippen molar-refractivity contribution < 1.29 is 0 Å². The molecule has 1 saturated heterocycles. The maximum atomic E-state index is 9.96. The zero-order valence-corrected chi connectivity index (χ0v) is 18.3. The lowest BCUT2D eigenvalue weighted by atomic mass is 9.86. The Labute approximate surface area is 172 Å². The van der Waals surface area contributed by atoms with Gasteiger partial charge in [0.2, 0.25) is 0 Å². The third-order valence-electron chi connectivity index (χ3n) is 5.31. The molecule has 0 saturated carbocycles. The van der Waals surface area contributed by atoms with Crippen LogP contribution in [0, 0.1) is 11.3 Å². The average molecular weight is 396 g/mol. The van der Waals surface area contributed by atoms with Crippen LogP contribution in [0.5, 0.6) is 0 Å². The number of nitrogens with zero attached hydrogens (tertiary/aromatic N) is 5. The molecule has 1 aliphatic heterocycles. The predicted molar refractivity (Wildman–Crippen MR) is 117 cm³/mol. The Morgan fingerprint density at radius 1 is 1.07 bits per heavy atom. The highest BCUT2D eigenvalue weighted by Crippen LogP contribution is 2.32. The van der Waals surface area contributed by atoms with Gasteiger partial charge < -0.3 is 9.80 Å². The van der Waals surface area contributed by atoms with E-state index in [1.807, 2.05) is 6.26 Å². The molecule has 0 unspecified atom stereocenters. The van der Waals surface area contributed by atoms with Crippen molar-refractivity contribution in [1.82, 2.24) is 14.9 Å². The minimum Gasteiger partial charge on any atom is -0.353 e. The Morgan fingerprint density at radius 2 is 1.71 bits per heavy atom. The Morgan fingerprint density at radius 3 is 2.21 bits per heavy atom. The van der Waals surface area contributed by atoms with Crippen LogP contribution in [0.1, 0.15) is 38.8 Å². The minimum absolute atomic E-state index is 0.0941. The van der Waals surface area contributed by atoms with Crippen molar-refractivity contribution in [2.45, 2.75) is 38.3 Å². The normalized spacial score (nSPS) is 15.5. The van der Waals surface area contributed by atoms with Crippen molar-refractivity contribution in [3.05, 3.63) is 35.4 Å². The molecule has 0 atom stereocenters. The number of rotatable bonds is 4. The van der Waals surface area contributed by atoms with Crippen molar-refractivity contribution in [3.63, 3.8) is 0 Å². The van der Waals surface area contributed by atoms with Crippen LogP contribution in [0.15, 0.2) is 29.4 Å². The third kappa shape index (κ3) is 4.31. The highest BCUT2D eigenvalue weighted by Gasteiger charge is 2.24. The molecule has 28 heavy (non-hydrogen) atoms. The molecule has 0 bridgehead atoms. The number of anilines is 1. The summed E-state index contributed by atoms with van der Waals surface area (Å²) in [5, 5.41) is 10.7. The molecule has 3 rings (SSSR count). The van der Waals surface area contributed by atoms with Gasteiger partial charge >= 0.3 is 0 Å². The van der Waals surface area contributed by atoms with E-state index in [4.69, 9.17) is 9.97 Å². The van der Waals surface area contributed by atoms with E-state index in [1.165, 1.54) is 17.3 Å². The summed E-state index contributed by atoms with van der Waals surface area (Å²) in [5.74, 6) is 0.771. The molecule has 0 amide bonds. The quantitative estimate of drug-likeness (QED) is 0.572. The molecule has 0 N–H and O–H groups in total. The zero-order chi connectivity index (χ0) is 20.3. The molecule has 2 heterocycles.